The van der Waals surface area contributed by atoms with E-state index < -0.39 is 5.97 Å². The molecule has 0 bridgehead atoms. The third kappa shape index (κ3) is 4.89. The van der Waals surface area contributed by atoms with Crippen molar-refractivity contribution < 1.29 is 9.53 Å². The molecule has 0 amide bonds. The Hall–Kier alpha value is -2.68. The fraction of sp³-hybridized carbons (Fsp3) is 0.143. The topological polar surface area (TPSA) is 77.0 Å². The molecule has 0 aliphatic rings. The molecule has 0 aliphatic carbocycles. The molecule has 0 unspecified atom stereocenters. The number of anilines is 2. The molecule has 4 aromatic rings. The Balaban J connectivity index is 1.59. The molecule has 152 valence electrons. The lowest BCUT2D eigenvalue weighted by molar-refractivity contribution is 0.0524. The minimum absolute atomic E-state index is 0.286. The largest absolute Gasteiger partial charge is 0.462 e. The SMILES string of the molecule is CCOC(=O)c1cnc(Nc2nc3ccccc3s2)nc1CSc1ccc(Cl)cc1. The molecule has 0 aliphatic heterocycles. The van der Waals surface area contributed by atoms with E-state index >= 15 is 0 Å². The van der Waals surface area contributed by atoms with Crippen molar-refractivity contribution in [3.8, 4) is 0 Å². The second-order valence-electron chi connectivity index (χ2n) is 6.13. The number of carbonyl (C=O) groups is 1. The summed E-state index contributed by atoms with van der Waals surface area (Å²) in [6.07, 6.45) is 1.50. The van der Waals surface area contributed by atoms with Gasteiger partial charge in [-0.25, -0.2) is 19.7 Å². The fourth-order valence-corrected chi connectivity index (χ4v) is 4.51. The molecule has 30 heavy (non-hydrogen) atoms. The standard InChI is InChI=1S/C21H17ClN4O2S2/c1-2-28-19(27)15-11-23-20(26-21-25-16-5-3-4-6-18(16)30-21)24-17(15)12-29-14-9-7-13(22)8-10-14/h3-11H,2,12H2,1H3,(H,23,24,25,26). The smallest absolute Gasteiger partial charge is 0.341 e. The van der Waals surface area contributed by atoms with Gasteiger partial charge in [0.2, 0.25) is 5.95 Å². The third-order valence-corrected chi connectivity index (χ3v) is 6.29. The number of halogens is 1. The van der Waals surface area contributed by atoms with E-state index in [-0.39, 0.29) is 6.61 Å². The molecular formula is C21H17ClN4O2S2. The summed E-state index contributed by atoms with van der Waals surface area (Å²) in [5, 5.41) is 4.51. The number of ether oxygens (including phenoxy) is 1. The summed E-state index contributed by atoms with van der Waals surface area (Å²) in [7, 11) is 0. The zero-order valence-corrected chi connectivity index (χ0v) is 18.4. The van der Waals surface area contributed by atoms with Gasteiger partial charge in [0, 0.05) is 21.9 Å². The molecule has 0 fully saturated rings. The van der Waals surface area contributed by atoms with Crippen LogP contribution in [0.3, 0.4) is 0 Å². The van der Waals surface area contributed by atoms with E-state index in [9.17, 15) is 4.79 Å². The summed E-state index contributed by atoms with van der Waals surface area (Å²) in [5.41, 5.74) is 1.85. The fourth-order valence-electron chi connectivity index (χ4n) is 2.67. The molecule has 0 saturated carbocycles. The predicted octanol–water partition coefficient (Wildman–Crippen LogP) is 5.95. The Bertz CT molecular complexity index is 1150. The maximum absolute atomic E-state index is 12.3. The maximum Gasteiger partial charge on any atom is 0.341 e. The summed E-state index contributed by atoms with van der Waals surface area (Å²) in [5.74, 6) is 0.428. The van der Waals surface area contributed by atoms with Gasteiger partial charge < -0.3 is 10.1 Å². The van der Waals surface area contributed by atoms with Crippen molar-refractivity contribution in [2.24, 2.45) is 0 Å². The van der Waals surface area contributed by atoms with Crippen LogP contribution in [0.5, 0.6) is 0 Å². The first kappa shape index (κ1) is 20.6. The van der Waals surface area contributed by atoms with Crippen LogP contribution in [-0.4, -0.2) is 27.5 Å². The molecular weight excluding hydrogens is 440 g/mol. The number of rotatable bonds is 7. The van der Waals surface area contributed by atoms with Crippen LogP contribution >= 0.6 is 34.7 Å². The van der Waals surface area contributed by atoms with E-state index in [1.54, 1.807) is 18.7 Å². The van der Waals surface area contributed by atoms with Crippen LogP contribution in [0.2, 0.25) is 5.02 Å². The minimum atomic E-state index is -0.434. The van der Waals surface area contributed by atoms with Crippen LogP contribution in [0.4, 0.5) is 11.1 Å². The van der Waals surface area contributed by atoms with Gasteiger partial charge >= 0.3 is 5.97 Å². The average molecular weight is 457 g/mol. The van der Waals surface area contributed by atoms with Crippen molar-refractivity contribution in [2.45, 2.75) is 17.6 Å². The van der Waals surface area contributed by atoms with Gasteiger partial charge in [-0.05, 0) is 43.3 Å². The summed E-state index contributed by atoms with van der Waals surface area (Å²) >= 11 is 9.02. The highest BCUT2D eigenvalue weighted by Crippen LogP contribution is 2.29. The molecule has 1 N–H and O–H groups in total. The number of thioether (sulfide) groups is 1. The highest BCUT2D eigenvalue weighted by Gasteiger charge is 2.17. The number of nitrogens with zero attached hydrogens (tertiary/aromatic N) is 3. The predicted molar refractivity (Wildman–Crippen MR) is 122 cm³/mol. The summed E-state index contributed by atoms with van der Waals surface area (Å²) < 4.78 is 6.23. The number of para-hydroxylation sites is 1. The molecule has 2 aromatic carbocycles. The highest BCUT2D eigenvalue weighted by atomic mass is 35.5. The van der Waals surface area contributed by atoms with Crippen molar-refractivity contribution in [1.29, 1.82) is 0 Å². The number of nitrogens with one attached hydrogen (secondary N) is 1. The monoisotopic (exact) mass is 456 g/mol. The molecule has 0 saturated heterocycles. The van der Waals surface area contributed by atoms with Crippen LogP contribution in [0.15, 0.2) is 59.6 Å². The zero-order chi connectivity index (χ0) is 20.9. The van der Waals surface area contributed by atoms with Gasteiger partial charge in [-0.15, -0.1) is 11.8 Å². The zero-order valence-electron chi connectivity index (χ0n) is 16.0. The second-order valence-corrected chi connectivity index (χ2v) is 8.64. The Morgan fingerprint density at radius 1 is 1.17 bits per heavy atom. The Morgan fingerprint density at radius 3 is 2.73 bits per heavy atom. The van der Waals surface area contributed by atoms with Gasteiger partial charge in [0.15, 0.2) is 5.13 Å². The van der Waals surface area contributed by atoms with Crippen molar-refractivity contribution in [3.63, 3.8) is 0 Å². The van der Waals surface area contributed by atoms with Crippen molar-refractivity contribution in [3.05, 3.63) is 71.0 Å². The van der Waals surface area contributed by atoms with Crippen molar-refractivity contribution in [2.75, 3.05) is 11.9 Å². The van der Waals surface area contributed by atoms with Crippen LogP contribution in [-0.2, 0) is 10.5 Å². The number of carbonyl (C=O) groups excluding carboxylic acids is 1. The number of aromatic nitrogens is 3. The minimum Gasteiger partial charge on any atom is -0.462 e. The van der Waals surface area contributed by atoms with Gasteiger partial charge in [-0.1, -0.05) is 35.1 Å². The maximum atomic E-state index is 12.3. The van der Waals surface area contributed by atoms with Crippen molar-refractivity contribution >= 4 is 62.0 Å². The first-order chi connectivity index (χ1) is 14.6. The number of esters is 1. The van der Waals surface area contributed by atoms with Gasteiger partial charge in [0.05, 0.1) is 22.5 Å². The normalized spacial score (nSPS) is 10.9. The lowest BCUT2D eigenvalue weighted by Gasteiger charge is -2.10. The van der Waals surface area contributed by atoms with Crippen LogP contribution in [0.25, 0.3) is 10.2 Å². The molecule has 2 heterocycles. The highest BCUT2D eigenvalue weighted by molar-refractivity contribution is 7.98. The Labute approximate surface area is 186 Å². The summed E-state index contributed by atoms with van der Waals surface area (Å²) in [6.45, 7) is 2.05. The van der Waals surface area contributed by atoms with Crippen LogP contribution in [0.1, 0.15) is 23.0 Å². The lowest BCUT2D eigenvalue weighted by atomic mass is 10.2. The van der Waals surface area contributed by atoms with E-state index in [0.29, 0.717) is 33.1 Å². The van der Waals surface area contributed by atoms with E-state index in [4.69, 9.17) is 16.3 Å². The van der Waals surface area contributed by atoms with Gasteiger partial charge in [-0.2, -0.15) is 0 Å². The van der Waals surface area contributed by atoms with Crippen molar-refractivity contribution in [1.82, 2.24) is 15.0 Å². The van der Waals surface area contributed by atoms with E-state index in [2.05, 4.69) is 20.3 Å². The number of hydrogen-bond donors (Lipinski definition) is 1. The number of thiazole rings is 1. The lowest BCUT2D eigenvalue weighted by Crippen LogP contribution is -2.11. The van der Waals surface area contributed by atoms with E-state index in [1.807, 2.05) is 48.5 Å². The Morgan fingerprint density at radius 2 is 1.97 bits per heavy atom. The second kappa shape index (κ2) is 9.42. The molecule has 2 aromatic heterocycles. The summed E-state index contributed by atoms with van der Waals surface area (Å²) in [6, 6.07) is 15.4. The van der Waals surface area contributed by atoms with E-state index in [0.717, 1.165) is 15.1 Å². The van der Waals surface area contributed by atoms with E-state index in [1.165, 1.54) is 17.5 Å². The molecule has 6 nitrogen and oxygen atoms in total. The molecule has 9 heteroatoms. The first-order valence-corrected chi connectivity index (χ1v) is 11.3. The number of hydrogen-bond acceptors (Lipinski definition) is 8. The van der Waals surface area contributed by atoms with Gasteiger partial charge in [0.25, 0.3) is 0 Å². The first-order valence-electron chi connectivity index (χ1n) is 9.16. The molecule has 0 atom stereocenters. The number of fused-ring (bicyclic) bond motifs is 1. The quantitative estimate of drug-likeness (QED) is 0.272. The summed E-state index contributed by atoms with van der Waals surface area (Å²) in [4.78, 5) is 26.8. The number of benzene rings is 2. The Kier molecular flexibility index (Phi) is 6.47. The van der Waals surface area contributed by atoms with Crippen LogP contribution < -0.4 is 5.32 Å². The van der Waals surface area contributed by atoms with Gasteiger partial charge in [-0.3, -0.25) is 0 Å². The van der Waals surface area contributed by atoms with Crippen LogP contribution in [0, 0.1) is 0 Å². The average Bonchev–Trinajstić information content (AvgIpc) is 3.16. The van der Waals surface area contributed by atoms with Gasteiger partial charge in [0.1, 0.15) is 5.56 Å². The molecule has 0 radical (unpaired) electrons. The molecule has 0 spiro atoms. The third-order valence-electron chi connectivity index (χ3n) is 4.06. The molecule has 4 rings (SSSR count).